The van der Waals surface area contributed by atoms with E-state index >= 15 is 0 Å². The van der Waals surface area contributed by atoms with Crippen LogP contribution in [0.5, 0.6) is 0 Å². The van der Waals surface area contributed by atoms with Crippen molar-refractivity contribution in [3.63, 3.8) is 0 Å². The molecule has 0 nitrogen and oxygen atoms in total. The summed E-state index contributed by atoms with van der Waals surface area (Å²) in [5.41, 5.74) is 3.34. The van der Waals surface area contributed by atoms with Gasteiger partial charge in [0.15, 0.2) is 0 Å². The molecule has 4 rings (SSSR count). The summed E-state index contributed by atoms with van der Waals surface area (Å²) in [6, 6.07) is 28.0. The second kappa shape index (κ2) is 6.73. The molecule has 0 aliphatic carbocycles. The van der Waals surface area contributed by atoms with Crippen molar-refractivity contribution in [3.05, 3.63) is 96.3 Å². The number of halogens is 1. The maximum atomic E-state index is 13.2. The van der Waals surface area contributed by atoms with E-state index in [0.29, 0.717) is 0 Å². The summed E-state index contributed by atoms with van der Waals surface area (Å²) in [5.74, 6) is -0.207. The molecule has 0 amide bonds. The molecule has 2 heteroatoms. The minimum Gasteiger partial charge on any atom is -0.207 e. The molecule has 0 spiro atoms. The van der Waals surface area contributed by atoms with E-state index in [1.165, 1.54) is 38.3 Å². The minimum absolute atomic E-state index is 0.207. The Hall–Kier alpha value is -2.58. The molecule has 0 bridgehead atoms. The van der Waals surface area contributed by atoms with Gasteiger partial charge in [0.25, 0.3) is 0 Å². The topological polar surface area (TPSA) is 0 Å². The average Bonchev–Trinajstić information content (AvgIpc) is 2.62. The smallest absolute Gasteiger partial charge is 0.123 e. The normalized spacial score (nSPS) is 11.0. The van der Waals surface area contributed by atoms with Crippen LogP contribution in [-0.4, -0.2) is 0 Å². The molecule has 0 unspecified atom stereocenters. The van der Waals surface area contributed by atoms with Crippen LogP contribution in [0.25, 0.3) is 21.9 Å². The van der Waals surface area contributed by atoms with Crippen molar-refractivity contribution in [2.24, 2.45) is 0 Å². The summed E-state index contributed by atoms with van der Waals surface area (Å²) in [5, 5.41) is 2.51. The Kier molecular flexibility index (Phi) is 4.29. The Morgan fingerprint density at radius 1 is 0.720 bits per heavy atom. The van der Waals surface area contributed by atoms with Crippen LogP contribution in [0.1, 0.15) is 5.56 Å². The van der Waals surface area contributed by atoms with E-state index in [9.17, 15) is 4.39 Å². The lowest BCUT2D eigenvalue weighted by Crippen LogP contribution is -1.84. The van der Waals surface area contributed by atoms with Gasteiger partial charge in [0, 0.05) is 9.79 Å². The van der Waals surface area contributed by atoms with Crippen LogP contribution < -0.4 is 0 Å². The SMILES string of the molecule is Cc1cc(Sc2cccc3ccccc23)cc(-c2ccc(F)cc2)c1. The van der Waals surface area contributed by atoms with Gasteiger partial charge in [0.2, 0.25) is 0 Å². The van der Waals surface area contributed by atoms with Crippen molar-refractivity contribution < 1.29 is 4.39 Å². The highest BCUT2D eigenvalue weighted by atomic mass is 32.2. The second-order valence-corrected chi connectivity index (χ2v) is 7.24. The number of rotatable bonds is 3. The predicted molar refractivity (Wildman–Crippen MR) is 105 cm³/mol. The van der Waals surface area contributed by atoms with E-state index in [1.54, 1.807) is 11.8 Å². The monoisotopic (exact) mass is 344 g/mol. The van der Waals surface area contributed by atoms with Gasteiger partial charge < -0.3 is 0 Å². The number of hydrogen-bond acceptors (Lipinski definition) is 1. The molecule has 4 aromatic rings. The van der Waals surface area contributed by atoms with E-state index in [1.807, 2.05) is 12.1 Å². The van der Waals surface area contributed by atoms with Gasteiger partial charge in [0.05, 0.1) is 0 Å². The van der Waals surface area contributed by atoms with E-state index in [4.69, 9.17) is 0 Å². The molecular weight excluding hydrogens is 327 g/mol. The molecule has 25 heavy (non-hydrogen) atoms. The minimum atomic E-state index is -0.207. The number of benzene rings is 4. The summed E-state index contributed by atoms with van der Waals surface area (Å²) < 4.78 is 13.2. The first-order valence-electron chi connectivity index (χ1n) is 8.22. The first-order valence-corrected chi connectivity index (χ1v) is 9.04. The number of hydrogen-bond donors (Lipinski definition) is 0. The third-order valence-corrected chi connectivity index (χ3v) is 5.25. The molecule has 4 aromatic carbocycles. The quantitative estimate of drug-likeness (QED) is 0.382. The number of aryl methyl sites for hydroxylation is 1. The second-order valence-electron chi connectivity index (χ2n) is 6.12. The van der Waals surface area contributed by atoms with Gasteiger partial charge in [-0.25, -0.2) is 4.39 Å². The van der Waals surface area contributed by atoms with Gasteiger partial charge in [-0.15, -0.1) is 0 Å². The van der Waals surface area contributed by atoms with E-state index in [-0.39, 0.29) is 5.82 Å². The molecule has 0 aliphatic rings. The van der Waals surface area contributed by atoms with Crippen molar-refractivity contribution in [3.8, 4) is 11.1 Å². The van der Waals surface area contributed by atoms with E-state index in [0.717, 1.165) is 11.1 Å². The predicted octanol–water partition coefficient (Wildman–Crippen LogP) is 7.11. The van der Waals surface area contributed by atoms with Crippen LogP contribution in [0.3, 0.4) is 0 Å². The summed E-state index contributed by atoms with van der Waals surface area (Å²) in [4.78, 5) is 2.43. The van der Waals surface area contributed by atoms with Gasteiger partial charge in [-0.3, -0.25) is 0 Å². The zero-order valence-corrected chi connectivity index (χ0v) is 14.7. The Balaban J connectivity index is 1.74. The van der Waals surface area contributed by atoms with Crippen LogP contribution in [0.15, 0.2) is 94.7 Å². The fourth-order valence-corrected chi connectivity index (χ4v) is 4.15. The van der Waals surface area contributed by atoms with Crippen molar-refractivity contribution >= 4 is 22.5 Å². The highest BCUT2D eigenvalue weighted by Crippen LogP contribution is 2.36. The molecule has 122 valence electrons. The molecular formula is C23H17FS. The first kappa shape index (κ1) is 15.9. The fourth-order valence-electron chi connectivity index (χ4n) is 3.03. The summed E-state index contributed by atoms with van der Waals surface area (Å²) in [7, 11) is 0. The van der Waals surface area contributed by atoms with Gasteiger partial charge in [-0.1, -0.05) is 66.4 Å². The van der Waals surface area contributed by atoms with E-state index < -0.39 is 0 Å². The average molecular weight is 344 g/mol. The fraction of sp³-hybridized carbons (Fsp3) is 0.0435. The lowest BCUT2D eigenvalue weighted by Gasteiger charge is -2.10. The standard InChI is InChI=1S/C23H17FS/c1-16-13-19(17-9-11-20(24)12-10-17)15-21(14-16)25-23-8-4-6-18-5-2-3-7-22(18)23/h2-15H,1H3. The molecule has 0 fully saturated rings. The highest BCUT2D eigenvalue weighted by molar-refractivity contribution is 7.99. The maximum absolute atomic E-state index is 13.2. The molecule has 0 aliphatic heterocycles. The van der Waals surface area contributed by atoms with Crippen molar-refractivity contribution in [1.29, 1.82) is 0 Å². The molecule has 0 atom stereocenters. The van der Waals surface area contributed by atoms with Crippen LogP contribution >= 0.6 is 11.8 Å². The summed E-state index contributed by atoms with van der Waals surface area (Å²) in [6.07, 6.45) is 0. The summed E-state index contributed by atoms with van der Waals surface area (Å²) in [6.45, 7) is 2.10. The lowest BCUT2D eigenvalue weighted by molar-refractivity contribution is 0.628. The van der Waals surface area contributed by atoms with Crippen LogP contribution in [0, 0.1) is 12.7 Å². The zero-order chi connectivity index (χ0) is 17.2. The van der Waals surface area contributed by atoms with Crippen molar-refractivity contribution in [2.45, 2.75) is 16.7 Å². The largest absolute Gasteiger partial charge is 0.207 e. The lowest BCUT2D eigenvalue weighted by atomic mass is 10.0. The number of fused-ring (bicyclic) bond motifs is 1. The summed E-state index contributed by atoms with van der Waals surface area (Å²) >= 11 is 1.77. The third kappa shape index (κ3) is 3.45. The van der Waals surface area contributed by atoms with Crippen molar-refractivity contribution in [1.82, 2.24) is 0 Å². The molecule has 0 aromatic heterocycles. The van der Waals surface area contributed by atoms with E-state index in [2.05, 4.69) is 67.6 Å². The first-order chi connectivity index (χ1) is 12.2. The zero-order valence-electron chi connectivity index (χ0n) is 13.9. The Morgan fingerprint density at radius 2 is 1.48 bits per heavy atom. The maximum Gasteiger partial charge on any atom is 0.123 e. The molecule has 0 radical (unpaired) electrons. The molecule has 0 heterocycles. The Labute approximate surface area is 151 Å². The Bertz CT molecular complexity index is 1030. The van der Waals surface area contributed by atoms with Crippen LogP contribution in [-0.2, 0) is 0 Å². The van der Waals surface area contributed by atoms with Gasteiger partial charge >= 0.3 is 0 Å². The molecule has 0 saturated carbocycles. The Morgan fingerprint density at radius 3 is 2.32 bits per heavy atom. The van der Waals surface area contributed by atoms with Crippen molar-refractivity contribution in [2.75, 3.05) is 0 Å². The van der Waals surface area contributed by atoms with Gasteiger partial charge in [0.1, 0.15) is 5.82 Å². The van der Waals surface area contributed by atoms with Crippen LogP contribution in [0.2, 0.25) is 0 Å². The van der Waals surface area contributed by atoms with Gasteiger partial charge in [-0.2, -0.15) is 0 Å². The third-order valence-electron chi connectivity index (χ3n) is 4.21. The van der Waals surface area contributed by atoms with Gasteiger partial charge in [-0.05, 0) is 64.7 Å². The van der Waals surface area contributed by atoms with Crippen LogP contribution in [0.4, 0.5) is 4.39 Å². The molecule has 0 saturated heterocycles. The molecule has 0 N–H and O–H groups in total. The highest BCUT2D eigenvalue weighted by Gasteiger charge is 2.06.